The average molecular weight is 281 g/mol. The molecule has 1 N–H and O–H groups in total. The summed E-state index contributed by atoms with van der Waals surface area (Å²) >= 11 is 3.84. The van der Waals surface area contributed by atoms with Crippen molar-refractivity contribution in [2.24, 2.45) is 0 Å². The Labute approximate surface area is 116 Å². The molecular formula is C13H19N3S2. The standard InChI is InChI=1S/C13H19N3S2/c1-9-7-16-12(10(2)15-13(16)18-9)6-14-11-4-3-5-17-8-11/h7,11,14H,3-6,8H2,1-2H3. The minimum atomic E-state index is 0.674. The lowest BCUT2D eigenvalue weighted by atomic mass is 10.2. The van der Waals surface area contributed by atoms with Crippen molar-refractivity contribution in [1.29, 1.82) is 0 Å². The molecular weight excluding hydrogens is 262 g/mol. The first-order chi connectivity index (χ1) is 8.74. The zero-order valence-electron chi connectivity index (χ0n) is 10.9. The minimum absolute atomic E-state index is 0.674. The molecule has 1 aliphatic rings. The molecule has 1 fully saturated rings. The molecule has 3 nitrogen and oxygen atoms in total. The molecule has 0 saturated carbocycles. The van der Waals surface area contributed by atoms with Gasteiger partial charge in [-0.25, -0.2) is 4.98 Å². The van der Waals surface area contributed by atoms with E-state index in [-0.39, 0.29) is 0 Å². The molecule has 1 saturated heterocycles. The highest BCUT2D eigenvalue weighted by Gasteiger charge is 2.15. The largest absolute Gasteiger partial charge is 0.308 e. The van der Waals surface area contributed by atoms with E-state index in [0.29, 0.717) is 6.04 Å². The van der Waals surface area contributed by atoms with E-state index in [0.717, 1.165) is 17.2 Å². The van der Waals surface area contributed by atoms with Gasteiger partial charge in [-0.1, -0.05) is 0 Å². The monoisotopic (exact) mass is 281 g/mol. The number of aromatic nitrogens is 2. The molecule has 0 aliphatic carbocycles. The van der Waals surface area contributed by atoms with Gasteiger partial charge in [0.05, 0.1) is 11.4 Å². The smallest absolute Gasteiger partial charge is 0.194 e. The molecule has 1 unspecified atom stereocenters. The van der Waals surface area contributed by atoms with Crippen LogP contribution >= 0.6 is 23.1 Å². The number of thioether (sulfide) groups is 1. The maximum absolute atomic E-state index is 4.63. The summed E-state index contributed by atoms with van der Waals surface area (Å²) in [7, 11) is 0. The highest BCUT2D eigenvalue weighted by atomic mass is 32.2. The van der Waals surface area contributed by atoms with E-state index in [1.165, 1.54) is 34.9 Å². The summed E-state index contributed by atoms with van der Waals surface area (Å²) in [6.45, 7) is 5.19. The molecule has 0 spiro atoms. The first-order valence-electron chi connectivity index (χ1n) is 6.49. The van der Waals surface area contributed by atoms with Crippen molar-refractivity contribution < 1.29 is 0 Å². The highest BCUT2D eigenvalue weighted by Crippen LogP contribution is 2.22. The predicted octanol–water partition coefficient (Wildman–Crippen LogP) is 3.00. The topological polar surface area (TPSA) is 29.3 Å². The Balaban J connectivity index is 1.74. The first-order valence-corrected chi connectivity index (χ1v) is 8.46. The quantitative estimate of drug-likeness (QED) is 0.938. The molecule has 1 aliphatic heterocycles. The Hall–Kier alpha value is -0.520. The van der Waals surface area contributed by atoms with Gasteiger partial charge in [0.15, 0.2) is 4.96 Å². The van der Waals surface area contributed by atoms with Gasteiger partial charge < -0.3 is 5.32 Å². The first kappa shape index (κ1) is 12.5. The molecule has 1 atom stereocenters. The van der Waals surface area contributed by atoms with Gasteiger partial charge in [-0.3, -0.25) is 4.40 Å². The molecule has 3 rings (SSSR count). The predicted molar refractivity (Wildman–Crippen MR) is 79.7 cm³/mol. The maximum atomic E-state index is 4.63. The van der Waals surface area contributed by atoms with Gasteiger partial charge in [0.1, 0.15) is 0 Å². The van der Waals surface area contributed by atoms with E-state index in [1.54, 1.807) is 11.3 Å². The molecule has 0 amide bonds. The van der Waals surface area contributed by atoms with Crippen LogP contribution in [-0.2, 0) is 6.54 Å². The van der Waals surface area contributed by atoms with Crippen molar-refractivity contribution >= 4 is 28.1 Å². The zero-order chi connectivity index (χ0) is 12.5. The van der Waals surface area contributed by atoms with Gasteiger partial charge in [0.2, 0.25) is 0 Å². The number of hydrogen-bond donors (Lipinski definition) is 1. The fourth-order valence-electron chi connectivity index (χ4n) is 2.46. The second-order valence-corrected chi connectivity index (χ2v) is 7.30. The number of rotatable bonds is 3. The summed E-state index contributed by atoms with van der Waals surface area (Å²) in [6, 6.07) is 0.674. The van der Waals surface area contributed by atoms with Crippen LogP contribution in [-0.4, -0.2) is 26.9 Å². The van der Waals surface area contributed by atoms with Crippen LogP contribution in [0.15, 0.2) is 6.20 Å². The number of thiazole rings is 1. The Morgan fingerprint density at radius 3 is 3.17 bits per heavy atom. The molecule has 2 aromatic heterocycles. The highest BCUT2D eigenvalue weighted by molar-refractivity contribution is 7.99. The molecule has 3 heterocycles. The van der Waals surface area contributed by atoms with E-state index >= 15 is 0 Å². The molecule has 2 aromatic rings. The number of hydrogen-bond acceptors (Lipinski definition) is 4. The van der Waals surface area contributed by atoms with Crippen LogP contribution in [0.25, 0.3) is 4.96 Å². The van der Waals surface area contributed by atoms with Crippen LogP contribution in [0.3, 0.4) is 0 Å². The fourth-order valence-corrected chi connectivity index (χ4v) is 4.46. The average Bonchev–Trinajstić information content (AvgIpc) is 2.84. The summed E-state index contributed by atoms with van der Waals surface area (Å²) < 4.78 is 2.25. The van der Waals surface area contributed by atoms with E-state index in [1.807, 2.05) is 0 Å². The minimum Gasteiger partial charge on any atom is -0.308 e. The lowest BCUT2D eigenvalue weighted by Crippen LogP contribution is -2.33. The Morgan fingerprint density at radius 2 is 2.39 bits per heavy atom. The number of fused-ring (bicyclic) bond motifs is 1. The third-order valence-electron chi connectivity index (χ3n) is 3.46. The summed E-state index contributed by atoms with van der Waals surface area (Å²) in [6.07, 6.45) is 4.87. The molecule has 98 valence electrons. The van der Waals surface area contributed by atoms with E-state index in [9.17, 15) is 0 Å². The van der Waals surface area contributed by atoms with Gasteiger partial charge >= 0.3 is 0 Å². The molecule has 0 radical (unpaired) electrons. The van der Waals surface area contributed by atoms with Gasteiger partial charge in [-0.05, 0) is 32.4 Å². The van der Waals surface area contributed by atoms with Crippen LogP contribution in [0.4, 0.5) is 0 Å². The number of aryl methyl sites for hydroxylation is 2. The van der Waals surface area contributed by atoms with Crippen LogP contribution in [0.1, 0.15) is 29.1 Å². The van der Waals surface area contributed by atoms with Crippen molar-refractivity contribution in [2.75, 3.05) is 11.5 Å². The second-order valence-electron chi connectivity index (χ2n) is 4.93. The molecule has 0 aromatic carbocycles. The fraction of sp³-hybridized carbons (Fsp3) is 0.615. The summed E-state index contributed by atoms with van der Waals surface area (Å²) in [5.41, 5.74) is 2.49. The Morgan fingerprint density at radius 1 is 1.50 bits per heavy atom. The van der Waals surface area contributed by atoms with E-state index in [4.69, 9.17) is 0 Å². The van der Waals surface area contributed by atoms with Crippen molar-refractivity contribution in [3.05, 3.63) is 22.5 Å². The summed E-state index contributed by atoms with van der Waals surface area (Å²) in [4.78, 5) is 7.08. The maximum Gasteiger partial charge on any atom is 0.194 e. The molecule has 18 heavy (non-hydrogen) atoms. The normalized spacial score (nSPS) is 20.7. The lowest BCUT2D eigenvalue weighted by Gasteiger charge is -2.22. The number of nitrogens with zero attached hydrogens (tertiary/aromatic N) is 2. The second kappa shape index (κ2) is 5.23. The summed E-state index contributed by atoms with van der Waals surface area (Å²) in [5.74, 6) is 2.58. The molecule has 5 heteroatoms. The van der Waals surface area contributed by atoms with Crippen LogP contribution in [0.5, 0.6) is 0 Å². The Bertz CT molecular complexity index is 538. The third kappa shape index (κ3) is 2.44. The van der Waals surface area contributed by atoms with Gasteiger partial charge in [-0.15, -0.1) is 11.3 Å². The number of nitrogens with one attached hydrogen (secondary N) is 1. The van der Waals surface area contributed by atoms with Crippen molar-refractivity contribution in [3.8, 4) is 0 Å². The van der Waals surface area contributed by atoms with Crippen molar-refractivity contribution in [3.63, 3.8) is 0 Å². The van der Waals surface area contributed by atoms with E-state index in [2.05, 4.69) is 46.5 Å². The van der Waals surface area contributed by atoms with Crippen molar-refractivity contribution in [1.82, 2.24) is 14.7 Å². The van der Waals surface area contributed by atoms with Crippen molar-refractivity contribution in [2.45, 2.75) is 39.3 Å². The van der Waals surface area contributed by atoms with Crippen LogP contribution < -0.4 is 5.32 Å². The van der Waals surface area contributed by atoms with Crippen LogP contribution in [0, 0.1) is 13.8 Å². The zero-order valence-corrected chi connectivity index (χ0v) is 12.5. The SMILES string of the molecule is Cc1cn2c(CNC3CCCSC3)c(C)nc2s1. The van der Waals surface area contributed by atoms with Crippen LogP contribution in [0.2, 0.25) is 0 Å². The van der Waals surface area contributed by atoms with E-state index < -0.39 is 0 Å². The number of imidazole rings is 1. The summed E-state index contributed by atoms with van der Waals surface area (Å²) in [5, 5.41) is 3.69. The molecule has 0 bridgehead atoms. The lowest BCUT2D eigenvalue weighted by molar-refractivity contribution is 0.502. The van der Waals surface area contributed by atoms with Gasteiger partial charge in [0, 0.05) is 29.4 Å². The third-order valence-corrected chi connectivity index (χ3v) is 5.57. The van der Waals surface area contributed by atoms with Gasteiger partial charge in [-0.2, -0.15) is 11.8 Å². The van der Waals surface area contributed by atoms with Gasteiger partial charge in [0.25, 0.3) is 0 Å². The Kier molecular flexibility index (Phi) is 3.63.